The quantitative estimate of drug-likeness (QED) is 0.697. The van der Waals surface area contributed by atoms with Crippen LogP contribution in [0.2, 0.25) is 0 Å². The third kappa shape index (κ3) is 3.82. The van der Waals surface area contributed by atoms with Gasteiger partial charge in [0.15, 0.2) is 0 Å². The maximum absolute atomic E-state index is 12.0. The standard InChI is InChI=1S/C15H26N2O3/c1-4-7-15(14(19)20)8-6-10-17(11-15)12(3)13(18)16-9-5-2/h5,12H,2,4,6-11H2,1,3H3,(H,16,18)(H,19,20). The molecule has 0 saturated carbocycles. The van der Waals surface area contributed by atoms with Gasteiger partial charge < -0.3 is 10.4 Å². The van der Waals surface area contributed by atoms with Crippen molar-refractivity contribution in [3.8, 4) is 0 Å². The number of carbonyl (C=O) groups excluding carboxylic acids is 1. The highest BCUT2D eigenvalue weighted by molar-refractivity contribution is 5.81. The minimum Gasteiger partial charge on any atom is -0.481 e. The first kappa shape index (κ1) is 16.7. The summed E-state index contributed by atoms with van der Waals surface area (Å²) >= 11 is 0. The van der Waals surface area contributed by atoms with Gasteiger partial charge in [0.05, 0.1) is 11.5 Å². The minimum absolute atomic E-state index is 0.0670. The Bertz CT molecular complexity index is 366. The molecule has 0 aromatic rings. The Labute approximate surface area is 121 Å². The summed E-state index contributed by atoms with van der Waals surface area (Å²) in [5, 5.41) is 12.3. The monoisotopic (exact) mass is 282 g/mol. The van der Waals surface area contributed by atoms with Gasteiger partial charge >= 0.3 is 5.97 Å². The van der Waals surface area contributed by atoms with E-state index in [4.69, 9.17) is 0 Å². The lowest BCUT2D eigenvalue weighted by atomic mass is 9.76. The van der Waals surface area contributed by atoms with E-state index in [1.165, 1.54) is 0 Å². The van der Waals surface area contributed by atoms with E-state index in [-0.39, 0.29) is 11.9 Å². The van der Waals surface area contributed by atoms with Crippen molar-refractivity contribution in [1.29, 1.82) is 0 Å². The average molecular weight is 282 g/mol. The molecule has 1 saturated heterocycles. The molecular weight excluding hydrogens is 256 g/mol. The summed E-state index contributed by atoms with van der Waals surface area (Å²) in [6.07, 6.45) is 4.68. The molecule has 1 aliphatic heterocycles. The Balaban J connectivity index is 2.74. The van der Waals surface area contributed by atoms with E-state index < -0.39 is 11.4 Å². The van der Waals surface area contributed by atoms with Gasteiger partial charge in [0.1, 0.15) is 0 Å². The summed E-state index contributed by atoms with van der Waals surface area (Å²) < 4.78 is 0. The van der Waals surface area contributed by atoms with E-state index in [1.54, 1.807) is 6.08 Å². The van der Waals surface area contributed by atoms with Gasteiger partial charge in [0.2, 0.25) is 5.91 Å². The maximum Gasteiger partial charge on any atom is 0.310 e. The number of carboxylic acids is 1. The maximum atomic E-state index is 12.0. The highest BCUT2D eigenvalue weighted by Gasteiger charge is 2.43. The molecule has 114 valence electrons. The van der Waals surface area contributed by atoms with Crippen molar-refractivity contribution in [3.05, 3.63) is 12.7 Å². The fourth-order valence-electron chi connectivity index (χ4n) is 2.95. The molecule has 20 heavy (non-hydrogen) atoms. The summed E-state index contributed by atoms with van der Waals surface area (Å²) in [5.41, 5.74) is -0.694. The number of nitrogens with one attached hydrogen (secondary N) is 1. The Kier molecular flexibility index (Phi) is 6.20. The highest BCUT2D eigenvalue weighted by Crippen LogP contribution is 2.35. The summed E-state index contributed by atoms with van der Waals surface area (Å²) in [7, 11) is 0. The van der Waals surface area contributed by atoms with Gasteiger partial charge in [-0.05, 0) is 32.7 Å². The predicted molar refractivity (Wildman–Crippen MR) is 78.5 cm³/mol. The van der Waals surface area contributed by atoms with E-state index in [1.807, 2.05) is 18.7 Å². The van der Waals surface area contributed by atoms with Gasteiger partial charge in [-0.1, -0.05) is 19.4 Å². The number of nitrogens with zero attached hydrogens (tertiary/aromatic N) is 1. The lowest BCUT2D eigenvalue weighted by molar-refractivity contribution is -0.155. The lowest BCUT2D eigenvalue weighted by Gasteiger charge is -2.42. The Morgan fingerprint density at radius 1 is 1.55 bits per heavy atom. The number of carbonyl (C=O) groups is 2. The molecule has 1 fully saturated rings. The molecule has 1 rings (SSSR count). The first-order valence-electron chi connectivity index (χ1n) is 7.33. The van der Waals surface area contributed by atoms with Crippen LogP contribution in [0.15, 0.2) is 12.7 Å². The highest BCUT2D eigenvalue weighted by atomic mass is 16.4. The van der Waals surface area contributed by atoms with E-state index in [0.717, 1.165) is 19.4 Å². The molecule has 5 nitrogen and oxygen atoms in total. The van der Waals surface area contributed by atoms with Crippen LogP contribution in [0.4, 0.5) is 0 Å². The number of carboxylic acid groups (broad SMARTS) is 1. The zero-order valence-corrected chi connectivity index (χ0v) is 12.5. The predicted octanol–water partition coefficient (Wildman–Crippen LogP) is 1.64. The minimum atomic E-state index is -0.734. The number of likely N-dealkylation sites (tertiary alicyclic amines) is 1. The Morgan fingerprint density at radius 2 is 2.25 bits per heavy atom. The molecular formula is C15H26N2O3. The third-order valence-electron chi connectivity index (χ3n) is 4.14. The van der Waals surface area contributed by atoms with Crippen LogP contribution in [0.3, 0.4) is 0 Å². The lowest BCUT2D eigenvalue weighted by Crippen LogP contribution is -2.54. The normalized spacial score (nSPS) is 24.9. The second-order valence-corrected chi connectivity index (χ2v) is 5.62. The largest absolute Gasteiger partial charge is 0.481 e. The zero-order chi connectivity index (χ0) is 15.2. The Morgan fingerprint density at radius 3 is 2.80 bits per heavy atom. The number of hydrogen-bond acceptors (Lipinski definition) is 3. The molecule has 0 radical (unpaired) electrons. The molecule has 1 amide bonds. The van der Waals surface area contributed by atoms with Crippen molar-refractivity contribution >= 4 is 11.9 Å². The van der Waals surface area contributed by atoms with Crippen molar-refractivity contribution in [1.82, 2.24) is 10.2 Å². The van der Waals surface area contributed by atoms with E-state index in [0.29, 0.717) is 25.9 Å². The molecule has 2 unspecified atom stereocenters. The molecule has 1 heterocycles. The van der Waals surface area contributed by atoms with Crippen LogP contribution in [-0.4, -0.2) is 47.6 Å². The first-order chi connectivity index (χ1) is 9.46. The zero-order valence-electron chi connectivity index (χ0n) is 12.5. The molecule has 2 N–H and O–H groups in total. The topological polar surface area (TPSA) is 69.6 Å². The summed E-state index contributed by atoms with van der Waals surface area (Å²) in [4.78, 5) is 25.6. The molecule has 0 aromatic heterocycles. The fraction of sp³-hybridized carbons (Fsp3) is 0.733. The van der Waals surface area contributed by atoms with Crippen LogP contribution in [0, 0.1) is 5.41 Å². The van der Waals surface area contributed by atoms with Crippen molar-refractivity contribution in [3.63, 3.8) is 0 Å². The van der Waals surface area contributed by atoms with Crippen LogP contribution < -0.4 is 5.32 Å². The number of aliphatic carboxylic acids is 1. The second-order valence-electron chi connectivity index (χ2n) is 5.62. The van der Waals surface area contributed by atoms with E-state index in [2.05, 4.69) is 11.9 Å². The van der Waals surface area contributed by atoms with Crippen LogP contribution in [-0.2, 0) is 9.59 Å². The molecule has 5 heteroatoms. The van der Waals surface area contributed by atoms with Crippen LogP contribution in [0.5, 0.6) is 0 Å². The van der Waals surface area contributed by atoms with Crippen molar-refractivity contribution in [2.24, 2.45) is 5.41 Å². The summed E-state index contributed by atoms with van der Waals surface area (Å²) in [5.74, 6) is -0.801. The van der Waals surface area contributed by atoms with Gasteiger partial charge in [-0.3, -0.25) is 14.5 Å². The smallest absolute Gasteiger partial charge is 0.310 e. The number of rotatable bonds is 7. The molecule has 0 spiro atoms. The number of piperidine rings is 1. The van der Waals surface area contributed by atoms with Crippen molar-refractivity contribution < 1.29 is 14.7 Å². The number of hydrogen-bond donors (Lipinski definition) is 2. The van der Waals surface area contributed by atoms with Crippen LogP contribution in [0.25, 0.3) is 0 Å². The molecule has 1 aliphatic rings. The van der Waals surface area contributed by atoms with E-state index in [9.17, 15) is 14.7 Å². The van der Waals surface area contributed by atoms with Crippen LogP contribution in [0.1, 0.15) is 39.5 Å². The molecule has 0 aliphatic carbocycles. The van der Waals surface area contributed by atoms with Gasteiger partial charge in [-0.15, -0.1) is 6.58 Å². The summed E-state index contributed by atoms with van der Waals surface area (Å²) in [6.45, 7) is 9.09. The second kappa shape index (κ2) is 7.43. The number of amides is 1. The third-order valence-corrected chi connectivity index (χ3v) is 4.14. The molecule has 2 atom stereocenters. The average Bonchev–Trinajstić information content (AvgIpc) is 2.44. The Hall–Kier alpha value is -1.36. The van der Waals surface area contributed by atoms with Crippen LogP contribution >= 0.6 is 0 Å². The summed E-state index contributed by atoms with van der Waals surface area (Å²) in [6, 6.07) is -0.300. The van der Waals surface area contributed by atoms with Gasteiger partial charge in [-0.2, -0.15) is 0 Å². The molecule has 0 bridgehead atoms. The van der Waals surface area contributed by atoms with Gasteiger partial charge in [0, 0.05) is 13.1 Å². The van der Waals surface area contributed by atoms with E-state index >= 15 is 0 Å². The first-order valence-corrected chi connectivity index (χ1v) is 7.33. The fourth-order valence-corrected chi connectivity index (χ4v) is 2.95. The SMILES string of the molecule is C=CCNC(=O)C(C)N1CCCC(CCC)(C(=O)O)C1. The van der Waals surface area contributed by atoms with Crippen molar-refractivity contribution in [2.45, 2.75) is 45.6 Å². The van der Waals surface area contributed by atoms with Gasteiger partial charge in [0.25, 0.3) is 0 Å². The molecule has 0 aromatic carbocycles. The van der Waals surface area contributed by atoms with Crippen molar-refractivity contribution in [2.75, 3.05) is 19.6 Å². The van der Waals surface area contributed by atoms with Gasteiger partial charge in [-0.25, -0.2) is 0 Å².